The third kappa shape index (κ3) is 4.34. The highest BCUT2D eigenvalue weighted by atomic mass is 32.2. The Morgan fingerprint density at radius 3 is 2.50 bits per heavy atom. The lowest BCUT2D eigenvalue weighted by Crippen LogP contribution is -2.39. The maximum atomic E-state index is 11.6. The quantitative estimate of drug-likeness (QED) is 0.814. The normalized spacial score (nSPS) is 19.6. The number of ether oxygens (including phenoxy) is 1. The highest BCUT2D eigenvalue weighted by molar-refractivity contribution is 7.90. The summed E-state index contributed by atoms with van der Waals surface area (Å²) in [4.78, 5) is 7.27. The minimum Gasteiger partial charge on any atom is -0.447 e. The average molecular weight is 378 g/mol. The van der Waals surface area contributed by atoms with E-state index in [9.17, 15) is 8.42 Å². The first-order chi connectivity index (χ1) is 12.1. The number of nitrogens with zero attached hydrogens (tertiary/aromatic N) is 2. The molecule has 2 aromatic rings. The fourth-order valence-corrected chi connectivity index (χ4v) is 3.55. The van der Waals surface area contributed by atoms with Crippen LogP contribution in [0.25, 0.3) is 0 Å². The van der Waals surface area contributed by atoms with Crippen LogP contribution in [-0.4, -0.2) is 44.3 Å². The second kappa shape index (κ2) is 7.13. The highest BCUT2D eigenvalue weighted by Crippen LogP contribution is 2.29. The van der Waals surface area contributed by atoms with Crippen LogP contribution < -0.4 is 0 Å². The molecule has 3 rings (SSSR count). The van der Waals surface area contributed by atoms with Crippen molar-refractivity contribution in [2.75, 3.05) is 26.0 Å². The van der Waals surface area contributed by atoms with E-state index in [0.717, 1.165) is 17.8 Å². The number of oxazole rings is 1. The molecule has 0 bridgehead atoms. The number of rotatable bonds is 4. The van der Waals surface area contributed by atoms with E-state index in [1.807, 2.05) is 12.1 Å². The van der Waals surface area contributed by atoms with E-state index in [4.69, 9.17) is 9.15 Å². The van der Waals surface area contributed by atoms with Crippen LogP contribution in [0.2, 0.25) is 0 Å². The molecule has 0 aliphatic carbocycles. The lowest BCUT2D eigenvalue weighted by molar-refractivity contribution is -0.0223. The number of sulfone groups is 1. The molecule has 26 heavy (non-hydrogen) atoms. The zero-order valence-electron chi connectivity index (χ0n) is 15.7. The van der Waals surface area contributed by atoms with Gasteiger partial charge in [0, 0.05) is 24.8 Å². The summed E-state index contributed by atoms with van der Waals surface area (Å²) in [6.45, 7) is 8.96. The molecule has 1 fully saturated rings. The van der Waals surface area contributed by atoms with E-state index >= 15 is 0 Å². The Labute approximate surface area is 155 Å². The van der Waals surface area contributed by atoms with Crippen LogP contribution >= 0.6 is 0 Å². The van der Waals surface area contributed by atoms with Gasteiger partial charge in [-0.25, -0.2) is 13.4 Å². The second-order valence-corrected chi connectivity index (χ2v) is 9.81. The highest BCUT2D eigenvalue weighted by Gasteiger charge is 2.30. The fourth-order valence-electron chi connectivity index (χ4n) is 2.92. The third-order valence-corrected chi connectivity index (χ3v) is 5.68. The Kier molecular flexibility index (Phi) is 5.23. The smallest absolute Gasteiger partial charge is 0.214 e. The van der Waals surface area contributed by atoms with Crippen LogP contribution in [-0.2, 0) is 26.5 Å². The standard InChI is InChI=1S/C19H26N2O4S/c1-19(2,3)17-13-25-18(20-17)16-12-24-10-9-21(16)11-14-5-7-15(8-6-14)26(4,22)23/h5-8,13,16H,9-12H2,1-4H3. The minimum absolute atomic E-state index is 0.0468. The van der Waals surface area contributed by atoms with Crippen LogP contribution in [0, 0.1) is 0 Å². The van der Waals surface area contributed by atoms with E-state index < -0.39 is 9.84 Å². The molecule has 0 spiro atoms. The van der Waals surface area contributed by atoms with Crippen molar-refractivity contribution in [1.82, 2.24) is 9.88 Å². The van der Waals surface area contributed by atoms with Crippen molar-refractivity contribution in [3.8, 4) is 0 Å². The van der Waals surface area contributed by atoms with Gasteiger partial charge >= 0.3 is 0 Å². The van der Waals surface area contributed by atoms with Gasteiger partial charge in [0.25, 0.3) is 0 Å². The zero-order valence-corrected chi connectivity index (χ0v) is 16.5. The number of hydrogen-bond donors (Lipinski definition) is 0. The van der Waals surface area contributed by atoms with E-state index in [-0.39, 0.29) is 11.5 Å². The average Bonchev–Trinajstić information content (AvgIpc) is 3.05. The van der Waals surface area contributed by atoms with Crippen molar-refractivity contribution in [2.45, 2.75) is 43.7 Å². The Balaban J connectivity index is 1.78. The summed E-state index contributed by atoms with van der Waals surface area (Å²) in [5.41, 5.74) is 1.91. The molecule has 1 atom stereocenters. The van der Waals surface area contributed by atoms with E-state index in [0.29, 0.717) is 30.5 Å². The van der Waals surface area contributed by atoms with Gasteiger partial charge in [0.2, 0.25) is 5.89 Å². The Morgan fingerprint density at radius 1 is 1.23 bits per heavy atom. The SMILES string of the molecule is CC(C)(C)c1coc(C2COCCN2Cc2ccc(S(C)(=O)=O)cc2)n1. The molecule has 6 nitrogen and oxygen atoms in total. The van der Waals surface area contributed by atoms with Gasteiger partial charge in [0.15, 0.2) is 9.84 Å². The number of morpholine rings is 1. The van der Waals surface area contributed by atoms with Crippen molar-refractivity contribution < 1.29 is 17.6 Å². The number of benzene rings is 1. The first-order valence-corrected chi connectivity index (χ1v) is 10.6. The predicted molar refractivity (Wildman–Crippen MR) is 98.7 cm³/mol. The molecule has 1 aromatic heterocycles. The van der Waals surface area contributed by atoms with Crippen molar-refractivity contribution in [3.63, 3.8) is 0 Å². The predicted octanol–water partition coefficient (Wildman–Crippen LogP) is 2.95. The van der Waals surface area contributed by atoms with Crippen LogP contribution in [0.15, 0.2) is 39.8 Å². The number of aromatic nitrogens is 1. The Bertz CT molecular complexity index is 850. The van der Waals surface area contributed by atoms with Gasteiger partial charge in [0.1, 0.15) is 12.3 Å². The van der Waals surface area contributed by atoms with Gasteiger partial charge < -0.3 is 9.15 Å². The maximum Gasteiger partial charge on any atom is 0.214 e. The molecule has 1 aliphatic heterocycles. The van der Waals surface area contributed by atoms with Gasteiger partial charge in [-0.3, -0.25) is 4.90 Å². The van der Waals surface area contributed by atoms with Gasteiger partial charge in [-0.1, -0.05) is 32.9 Å². The van der Waals surface area contributed by atoms with Gasteiger partial charge in [0.05, 0.1) is 23.8 Å². The molecule has 1 aromatic carbocycles. The Morgan fingerprint density at radius 2 is 1.92 bits per heavy atom. The Hall–Kier alpha value is -1.70. The van der Waals surface area contributed by atoms with Crippen molar-refractivity contribution in [1.29, 1.82) is 0 Å². The summed E-state index contributed by atoms with van der Waals surface area (Å²) >= 11 is 0. The summed E-state index contributed by atoms with van der Waals surface area (Å²) in [5, 5.41) is 0. The first kappa shape index (κ1) is 19.1. The topological polar surface area (TPSA) is 72.6 Å². The lowest BCUT2D eigenvalue weighted by atomic mass is 9.93. The summed E-state index contributed by atoms with van der Waals surface area (Å²) < 4.78 is 34.6. The lowest BCUT2D eigenvalue weighted by Gasteiger charge is -2.33. The van der Waals surface area contributed by atoms with Crippen LogP contribution in [0.5, 0.6) is 0 Å². The molecule has 1 unspecified atom stereocenters. The van der Waals surface area contributed by atoms with Crippen LogP contribution in [0.3, 0.4) is 0 Å². The van der Waals surface area contributed by atoms with E-state index in [1.54, 1.807) is 18.4 Å². The molecule has 1 saturated heterocycles. The maximum absolute atomic E-state index is 11.6. The van der Waals surface area contributed by atoms with Gasteiger partial charge in [-0.05, 0) is 17.7 Å². The molecule has 142 valence electrons. The monoisotopic (exact) mass is 378 g/mol. The molecular formula is C19H26N2O4S. The second-order valence-electron chi connectivity index (χ2n) is 7.80. The molecule has 0 radical (unpaired) electrons. The third-order valence-electron chi connectivity index (χ3n) is 4.55. The van der Waals surface area contributed by atoms with Crippen molar-refractivity contribution in [3.05, 3.63) is 47.7 Å². The number of hydrogen-bond acceptors (Lipinski definition) is 6. The van der Waals surface area contributed by atoms with Gasteiger partial charge in [-0.2, -0.15) is 0 Å². The molecule has 7 heteroatoms. The zero-order chi connectivity index (χ0) is 18.9. The van der Waals surface area contributed by atoms with Crippen molar-refractivity contribution >= 4 is 9.84 Å². The molecule has 1 aliphatic rings. The van der Waals surface area contributed by atoms with E-state index in [1.165, 1.54) is 6.26 Å². The van der Waals surface area contributed by atoms with Crippen LogP contribution in [0.4, 0.5) is 0 Å². The largest absolute Gasteiger partial charge is 0.447 e. The summed E-state index contributed by atoms with van der Waals surface area (Å²) in [6, 6.07) is 6.98. The molecule has 0 amide bonds. The molecule has 2 heterocycles. The molecular weight excluding hydrogens is 352 g/mol. The summed E-state index contributed by atoms with van der Waals surface area (Å²) in [5.74, 6) is 0.669. The minimum atomic E-state index is -3.18. The van der Waals surface area contributed by atoms with Gasteiger partial charge in [-0.15, -0.1) is 0 Å². The summed E-state index contributed by atoms with van der Waals surface area (Å²) in [7, 11) is -3.18. The molecule has 0 N–H and O–H groups in total. The first-order valence-electron chi connectivity index (χ1n) is 8.71. The van der Waals surface area contributed by atoms with Crippen molar-refractivity contribution in [2.24, 2.45) is 0 Å². The molecule has 0 saturated carbocycles. The van der Waals surface area contributed by atoms with E-state index in [2.05, 4.69) is 30.7 Å². The summed E-state index contributed by atoms with van der Waals surface area (Å²) in [6.07, 6.45) is 2.94. The fraction of sp³-hybridized carbons (Fsp3) is 0.526. The van der Waals surface area contributed by atoms with Crippen LogP contribution in [0.1, 0.15) is 44.0 Å².